The molecule has 3 atom stereocenters. The molecule has 1 aliphatic carbocycles. The highest BCUT2D eigenvalue weighted by Crippen LogP contribution is 2.24. The van der Waals surface area contributed by atoms with E-state index in [1.54, 1.807) is 0 Å². The fraction of sp³-hybridized carbons (Fsp3) is 0.929. The lowest BCUT2D eigenvalue weighted by molar-refractivity contribution is 0.489. The van der Waals surface area contributed by atoms with Crippen molar-refractivity contribution in [2.45, 2.75) is 75.0 Å². The van der Waals surface area contributed by atoms with E-state index in [0.29, 0.717) is 5.38 Å². The average molecular weight is 276 g/mol. The van der Waals surface area contributed by atoms with E-state index in [1.165, 1.54) is 19.3 Å². The van der Waals surface area contributed by atoms with Gasteiger partial charge in [-0.25, -0.2) is 0 Å². The van der Waals surface area contributed by atoms with Gasteiger partial charge in [-0.3, -0.25) is 0 Å². The van der Waals surface area contributed by atoms with Gasteiger partial charge in [-0.2, -0.15) is 5.26 Å². The molecular formula is C14H23Cl2N. The molecule has 1 fully saturated rings. The number of alkyl halides is 2. The normalized spacial score (nSPS) is 33.8. The fourth-order valence-corrected chi connectivity index (χ4v) is 3.15. The second-order valence-corrected chi connectivity index (χ2v) is 6.41. The second-order valence-electron chi connectivity index (χ2n) is 5.18. The maximum Gasteiger partial charge on any atom is 0.0656 e. The van der Waals surface area contributed by atoms with Crippen molar-refractivity contribution in [3.8, 4) is 6.07 Å². The smallest absolute Gasteiger partial charge is 0.0656 e. The van der Waals surface area contributed by atoms with Crippen LogP contribution in [0.2, 0.25) is 0 Å². The third-order valence-electron chi connectivity index (χ3n) is 3.58. The van der Waals surface area contributed by atoms with Gasteiger partial charge in [-0.1, -0.05) is 32.1 Å². The number of nitrogens with zero attached hydrogens (tertiary/aromatic N) is 1. The minimum absolute atomic E-state index is 0.157. The molecule has 0 aromatic heterocycles. The molecule has 0 radical (unpaired) electrons. The van der Waals surface area contributed by atoms with Crippen LogP contribution in [0.3, 0.4) is 0 Å². The average Bonchev–Trinajstić information content (AvgIpc) is 2.32. The summed E-state index contributed by atoms with van der Waals surface area (Å²) in [5.74, 6) is 0.157. The van der Waals surface area contributed by atoms with Crippen LogP contribution in [-0.4, -0.2) is 10.8 Å². The van der Waals surface area contributed by atoms with Crippen LogP contribution >= 0.6 is 23.2 Å². The molecule has 1 saturated carbocycles. The van der Waals surface area contributed by atoms with Crippen molar-refractivity contribution in [3.63, 3.8) is 0 Å². The monoisotopic (exact) mass is 275 g/mol. The molecule has 0 N–H and O–H groups in total. The zero-order chi connectivity index (χ0) is 12.5. The first-order chi connectivity index (χ1) is 8.22. The summed E-state index contributed by atoms with van der Waals surface area (Å²) in [6.07, 6.45) is 11.1. The molecule has 3 heteroatoms. The maximum atomic E-state index is 9.08. The molecule has 0 bridgehead atoms. The van der Waals surface area contributed by atoms with E-state index in [-0.39, 0.29) is 11.3 Å². The number of hydrogen-bond donors (Lipinski definition) is 0. The lowest BCUT2D eigenvalue weighted by Crippen LogP contribution is -2.08. The zero-order valence-corrected chi connectivity index (χ0v) is 12.0. The van der Waals surface area contributed by atoms with Crippen LogP contribution in [-0.2, 0) is 0 Å². The van der Waals surface area contributed by atoms with E-state index in [4.69, 9.17) is 28.5 Å². The molecule has 0 heterocycles. The van der Waals surface area contributed by atoms with Crippen molar-refractivity contribution >= 4 is 23.2 Å². The van der Waals surface area contributed by atoms with Crippen LogP contribution in [0, 0.1) is 17.2 Å². The third kappa shape index (κ3) is 7.17. The van der Waals surface area contributed by atoms with E-state index in [1.807, 2.05) is 0 Å². The highest BCUT2D eigenvalue weighted by Gasteiger charge is 2.15. The topological polar surface area (TPSA) is 23.8 Å². The van der Waals surface area contributed by atoms with Gasteiger partial charge in [0.05, 0.1) is 6.07 Å². The summed E-state index contributed by atoms with van der Waals surface area (Å²) >= 11 is 12.5. The minimum Gasteiger partial charge on any atom is -0.198 e. The highest BCUT2D eigenvalue weighted by atomic mass is 35.5. The maximum absolute atomic E-state index is 9.08. The summed E-state index contributed by atoms with van der Waals surface area (Å²) in [5.41, 5.74) is 0. The predicted molar refractivity (Wildman–Crippen MR) is 74.6 cm³/mol. The zero-order valence-electron chi connectivity index (χ0n) is 10.5. The molecule has 0 aliphatic heterocycles. The number of hydrogen-bond acceptors (Lipinski definition) is 1. The Labute approximate surface area is 115 Å². The van der Waals surface area contributed by atoms with E-state index >= 15 is 0 Å². The molecule has 98 valence electrons. The van der Waals surface area contributed by atoms with Crippen LogP contribution in [0.15, 0.2) is 0 Å². The van der Waals surface area contributed by atoms with Gasteiger partial charge < -0.3 is 0 Å². The summed E-state index contributed by atoms with van der Waals surface area (Å²) in [4.78, 5) is 0. The van der Waals surface area contributed by atoms with Gasteiger partial charge in [0, 0.05) is 16.7 Å². The van der Waals surface area contributed by atoms with Crippen molar-refractivity contribution in [2.75, 3.05) is 0 Å². The van der Waals surface area contributed by atoms with Crippen LogP contribution in [0.5, 0.6) is 0 Å². The minimum atomic E-state index is 0.157. The first kappa shape index (κ1) is 15.1. The number of halogens is 2. The predicted octanol–water partition coefficient (Wildman–Crippen LogP) is 5.26. The second kappa shape index (κ2) is 9.06. The largest absolute Gasteiger partial charge is 0.198 e. The Balaban J connectivity index is 2.39. The van der Waals surface area contributed by atoms with Gasteiger partial charge in [0.2, 0.25) is 0 Å². The van der Waals surface area contributed by atoms with Gasteiger partial charge in [-0.05, 0) is 32.1 Å². The Morgan fingerprint density at radius 2 is 1.35 bits per heavy atom. The Morgan fingerprint density at radius 3 is 2.06 bits per heavy atom. The summed E-state index contributed by atoms with van der Waals surface area (Å²) in [6.45, 7) is 0. The summed E-state index contributed by atoms with van der Waals surface area (Å²) in [6, 6.07) is 2.40. The van der Waals surface area contributed by atoms with Gasteiger partial charge >= 0.3 is 0 Å². The molecule has 1 aliphatic rings. The quantitative estimate of drug-likeness (QED) is 0.554. The molecule has 17 heavy (non-hydrogen) atoms. The first-order valence-corrected chi connectivity index (χ1v) is 7.77. The highest BCUT2D eigenvalue weighted by molar-refractivity contribution is 6.21. The molecule has 0 saturated heterocycles. The van der Waals surface area contributed by atoms with Crippen molar-refractivity contribution in [3.05, 3.63) is 0 Å². The van der Waals surface area contributed by atoms with Crippen LogP contribution in [0.1, 0.15) is 64.2 Å². The van der Waals surface area contributed by atoms with Crippen LogP contribution in [0.25, 0.3) is 0 Å². The number of rotatable bonds is 0. The third-order valence-corrected chi connectivity index (χ3v) is 4.41. The lowest BCUT2D eigenvalue weighted by atomic mass is 9.96. The van der Waals surface area contributed by atoms with E-state index < -0.39 is 0 Å². The van der Waals surface area contributed by atoms with E-state index in [2.05, 4.69) is 6.07 Å². The van der Waals surface area contributed by atoms with Crippen LogP contribution in [0.4, 0.5) is 0 Å². The molecule has 0 spiro atoms. The molecule has 1 nitrogen and oxygen atoms in total. The molecule has 0 aromatic rings. The standard InChI is InChI=1S/C14H23Cl2N/c15-13-7-4-2-1-3-6-12(11-17)10-14(16)9-5-8-13/h12-14H,1-10H2. The molecule has 0 aromatic carbocycles. The Hall–Kier alpha value is 0.0700. The van der Waals surface area contributed by atoms with E-state index in [9.17, 15) is 0 Å². The van der Waals surface area contributed by atoms with Crippen molar-refractivity contribution < 1.29 is 0 Å². The fourth-order valence-electron chi connectivity index (χ4n) is 2.48. The van der Waals surface area contributed by atoms with Gasteiger partial charge in [0.15, 0.2) is 0 Å². The summed E-state index contributed by atoms with van der Waals surface area (Å²) in [7, 11) is 0. The number of nitriles is 1. The van der Waals surface area contributed by atoms with Crippen molar-refractivity contribution in [1.82, 2.24) is 0 Å². The summed E-state index contributed by atoms with van der Waals surface area (Å²) in [5, 5.41) is 9.56. The molecule has 0 amide bonds. The lowest BCUT2D eigenvalue weighted by Gasteiger charge is -2.13. The summed E-state index contributed by atoms with van der Waals surface area (Å²) < 4.78 is 0. The molecular weight excluding hydrogens is 253 g/mol. The van der Waals surface area contributed by atoms with Crippen molar-refractivity contribution in [2.24, 2.45) is 5.92 Å². The Kier molecular flexibility index (Phi) is 8.06. The SMILES string of the molecule is N#CC1CCCCCCC(Cl)CCCC(Cl)C1. The Bertz CT molecular complexity index is 237. The first-order valence-electron chi connectivity index (χ1n) is 6.90. The van der Waals surface area contributed by atoms with Crippen LogP contribution < -0.4 is 0 Å². The molecule has 3 unspecified atom stereocenters. The Morgan fingerprint density at radius 1 is 0.765 bits per heavy atom. The van der Waals surface area contributed by atoms with Gasteiger partial charge in [-0.15, -0.1) is 23.2 Å². The van der Waals surface area contributed by atoms with Gasteiger partial charge in [0.1, 0.15) is 0 Å². The molecule has 1 rings (SSSR count). The van der Waals surface area contributed by atoms with Crippen molar-refractivity contribution in [1.29, 1.82) is 5.26 Å². The van der Waals surface area contributed by atoms with Gasteiger partial charge in [0.25, 0.3) is 0 Å². The van der Waals surface area contributed by atoms with E-state index in [0.717, 1.165) is 44.9 Å².